The second-order valence-electron chi connectivity index (χ2n) is 14.0. The van der Waals surface area contributed by atoms with Gasteiger partial charge in [-0.2, -0.15) is 9.97 Å². The van der Waals surface area contributed by atoms with E-state index in [4.69, 9.17) is 15.0 Å². The second kappa shape index (κ2) is 13.0. The Labute approximate surface area is 323 Å². The van der Waals surface area contributed by atoms with Crippen LogP contribution in [0.2, 0.25) is 0 Å². The maximum Gasteiger partial charge on any atom is 0.238 e. The van der Waals surface area contributed by atoms with Crippen molar-refractivity contribution in [2.45, 2.75) is 0 Å². The maximum atomic E-state index is 5.45. The van der Waals surface area contributed by atoms with Gasteiger partial charge in [-0.15, -0.1) is 0 Å². The summed E-state index contributed by atoms with van der Waals surface area (Å²) in [6.45, 7) is 0. The number of rotatable bonds is 6. The minimum Gasteiger partial charge on any atom is -0.309 e. The van der Waals surface area contributed by atoms with Gasteiger partial charge in [-0.25, -0.2) is 4.98 Å². The highest BCUT2D eigenvalue weighted by atomic mass is 15.2. The van der Waals surface area contributed by atoms with Crippen LogP contribution in [0.15, 0.2) is 200 Å². The first-order chi connectivity index (χ1) is 27.8. The molecule has 0 unspecified atom stereocenters. The highest BCUT2D eigenvalue weighted by molar-refractivity contribution is 6.26. The lowest BCUT2D eigenvalue weighted by atomic mass is 9.98. The summed E-state index contributed by atoms with van der Waals surface area (Å²) in [6, 6.07) is 70.1. The van der Waals surface area contributed by atoms with Gasteiger partial charge in [-0.3, -0.25) is 4.57 Å². The molecule has 5 nitrogen and oxygen atoms in total. The van der Waals surface area contributed by atoms with E-state index in [9.17, 15) is 0 Å². The Balaban J connectivity index is 1.28. The van der Waals surface area contributed by atoms with E-state index in [-0.39, 0.29) is 0 Å². The molecular weight excluding hydrogens is 683 g/mol. The molecule has 5 heteroatoms. The van der Waals surface area contributed by atoms with Crippen LogP contribution in [0.1, 0.15) is 0 Å². The van der Waals surface area contributed by atoms with Crippen LogP contribution in [0.25, 0.3) is 100 Å². The molecule has 11 aromatic rings. The molecule has 11 rings (SSSR count). The van der Waals surface area contributed by atoms with E-state index in [2.05, 4.69) is 197 Å². The van der Waals surface area contributed by atoms with Gasteiger partial charge < -0.3 is 4.57 Å². The van der Waals surface area contributed by atoms with Crippen molar-refractivity contribution in [3.05, 3.63) is 200 Å². The molecule has 0 spiro atoms. The van der Waals surface area contributed by atoms with Crippen LogP contribution in [-0.4, -0.2) is 24.1 Å². The monoisotopic (exact) mass is 715 g/mol. The zero-order chi connectivity index (χ0) is 37.0. The van der Waals surface area contributed by atoms with Crippen LogP contribution >= 0.6 is 0 Å². The lowest BCUT2D eigenvalue weighted by Crippen LogP contribution is -2.07. The molecule has 0 aliphatic rings. The van der Waals surface area contributed by atoms with Crippen molar-refractivity contribution in [2.24, 2.45) is 0 Å². The smallest absolute Gasteiger partial charge is 0.238 e. The minimum absolute atomic E-state index is 0.561. The highest BCUT2D eigenvalue weighted by Gasteiger charge is 2.24. The molecule has 0 bridgehead atoms. The molecule has 56 heavy (non-hydrogen) atoms. The summed E-state index contributed by atoms with van der Waals surface area (Å²) in [5, 5.41) is 4.59. The largest absolute Gasteiger partial charge is 0.309 e. The molecule has 0 aliphatic heterocycles. The zero-order valence-corrected chi connectivity index (χ0v) is 30.3. The van der Waals surface area contributed by atoms with Crippen LogP contribution in [0.3, 0.4) is 0 Å². The van der Waals surface area contributed by atoms with Gasteiger partial charge in [0.15, 0.2) is 11.6 Å². The van der Waals surface area contributed by atoms with E-state index < -0.39 is 0 Å². The van der Waals surface area contributed by atoms with Crippen molar-refractivity contribution >= 4 is 43.6 Å². The Morgan fingerprint density at radius 3 is 1.36 bits per heavy atom. The summed E-state index contributed by atoms with van der Waals surface area (Å²) in [7, 11) is 0. The topological polar surface area (TPSA) is 48.5 Å². The van der Waals surface area contributed by atoms with Crippen molar-refractivity contribution in [3.8, 4) is 56.7 Å². The van der Waals surface area contributed by atoms with Gasteiger partial charge >= 0.3 is 0 Å². The van der Waals surface area contributed by atoms with E-state index in [0.717, 1.165) is 77.3 Å². The first-order valence-corrected chi connectivity index (χ1v) is 18.9. The summed E-state index contributed by atoms with van der Waals surface area (Å²) >= 11 is 0. The molecule has 262 valence electrons. The standard InChI is InChI=1S/C51H33N5/c1-4-18-34(19-5-1)37-24-10-12-27-41(37)49-52-50(42-28-13-11-25-38(42)35-20-6-2-7-21-35)54-51(53-49)56-44-30-16-14-26-39(44)40-32-33-46-47(48(40)56)43-29-15-17-31-45(43)55(46)36-22-8-3-9-23-36/h1-33H. The molecule has 3 heterocycles. The fraction of sp³-hybridized carbons (Fsp3) is 0. The van der Waals surface area contributed by atoms with Crippen LogP contribution < -0.4 is 0 Å². The van der Waals surface area contributed by atoms with Crippen molar-refractivity contribution in [1.82, 2.24) is 24.1 Å². The molecule has 0 amide bonds. The molecule has 0 radical (unpaired) electrons. The highest BCUT2D eigenvalue weighted by Crippen LogP contribution is 2.42. The summed E-state index contributed by atoms with van der Waals surface area (Å²) < 4.78 is 4.63. The van der Waals surface area contributed by atoms with Gasteiger partial charge in [0.05, 0.1) is 22.1 Å². The molecule has 0 saturated carbocycles. The SMILES string of the molecule is c1ccc(-c2ccccc2-c2nc(-c3ccccc3-c3ccccc3)nc(-n3c4ccccc4c4ccc5c(c6ccccc6n5-c5ccccc5)c43)n2)cc1. The molecule has 0 saturated heterocycles. The summed E-state index contributed by atoms with van der Waals surface area (Å²) in [6.07, 6.45) is 0. The third kappa shape index (κ3) is 5.06. The number of aromatic nitrogens is 5. The third-order valence-corrected chi connectivity index (χ3v) is 10.8. The number of hydrogen-bond donors (Lipinski definition) is 0. The molecule has 3 aromatic heterocycles. The number of para-hydroxylation sites is 3. The van der Waals surface area contributed by atoms with Gasteiger partial charge in [0, 0.05) is 38.4 Å². The molecule has 0 N–H and O–H groups in total. The van der Waals surface area contributed by atoms with Crippen molar-refractivity contribution < 1.29 is 0 Å². The number of nitrogens with zero attached hydrogens (tertiary/aromatic N) is 5. The Hall–Kier alpha value is -7.63. The number of fused-ring (bicyclic) bond motifs is 7. The first kappa shape index (κ1) is 31.9. The van der Waals surface area contributed by atoms with E-state index in [0.29, 0.717) is 17.6 Å². The summed E-state index contributed by atoms with van der Waals surface area (Å²) in [4.78, 5) is 16.2. The Morgan fingerprint density at radius 2 is 0.768 bits per heavy atom. The average Bonchev–Trinajstić information content (AvgIpc) is 3.80. The second-order valence-corrected chi connectivity index (χ2v) is 14.0. The van der Waals surface area contributed by atoms with Gasteiger partial charge in [0.25, 0.3) is 0 Å². The minimum atomic E-state index is 0.561. The molecule has 8 aromatic carbocycles. The van der Waals surface area contributed by atoms with Crippen LogP contribution in [0, 0.1) is 0 Å². The van der Waals surface area contributed by atoms with Gasteiger partial charge in [0.2, 0.25) is 5.95 Å². The Bertz CT molecular complexity index is 3130. The van der Waals surface area contributed by atoms with E-state index in [1.165, 1.54) is 5.39 Å². The van der Waals surface area contributed by atoms with Crippen molar-refractivity contribution in [2.75, 3.05) is 0 Å². The van der Waals surface area contributed by atoms with Crippen LogP contribution in [0.5, 0.6) is 0 Å². The van der Waals surface area contributed by atoms with Gasteiger partial charge in [0.1, 0.15) is 0 Å². The number of benzene rings is 8. The Kier molecular flexibility index (Phi) is 7.42. The first-order valence-electron chi connectivity index (χ1n) is 18.9. The van der Waals surface area contributed by atoms with Crippen LogP contribution in [0.4, 0.5) is 0 Å². The molecule has 0 atom stereocenters. The van der Waals surface area contributed by atoms with E-state index >= 15 is 0 Å². The van der Waals surface area contributed by atoms with E-state index in [1.54, 1.807) is 0 Å². The molecule has 0 aliphatic carbocycles. The quantitative estimate of drug-likeness (QED) is 0.172. The molecular formula is C51H33N5. The van der Waals surface area contributed by atoms with Crippen molar-refractivity contribution in [3.63, 3.8) is 0 Å². The van der Waals surface area contributed by atoms with E-state index in [1.807, 2.05) is 12.1 Å². The predicted octanol–water partition coefficient (Wildman–Crippen LogP) is 12.7. The fourth-order valence-corrected chi connectivity index (χ4v) is 8.37. The third-order valence-electron chi connectivity index (χ3n) is 10.8. The predicted molar refractivity (Wildman–Crippen MR) is 230 cm³/mol. The maximum absolute atomic E-state index is 5.45. The fourth-order valence-electron chi connectivity index (χ4n) is 8.37. The van der Waals surface area contributed by atoms with Crippen molar-refractivity contribution in [1.29, 1.82) is 0 Å². The Morgan fingerprint density at radius 1 is 0.304 bits per heavy atom. The number of hydrogen-bond acceptors (Lipinski definition) is 3. The van der Waals surface area contributed by atoms with Gasteiger partial charge in [-0.05, 0) is 52.6 Å². The zero-order valence-electron chi connectivity index (χ0n) is 30.3. The van der Waals surface area contributed by atoms with Crippen LogP contribution in [-0.2, 0) is 0 Å². The summed E-state index contributed by atoms with van der Waals surface area (Å²) in [5.74, 6) is 1.78. The normalized spacial score (nSPS) is 11.6. The molecule has 0 fully saturated rings. The lowest BCUT2D eigenvalue weighted by molar-refractivity contribution is 0.955. The van der Waals surface area contributed by atoms with Gasteiger partial charge in [-0.1, -0.05) is 170 Å². The lowest BCUT2D eigenvalue weighted by Gasteiger charge is -2.15. The average molecular weight is 716 g/mol. The summed E-state index contributed by atoms with van der Waals surface area (Å²) in [5.41, 5.74) is 11.7.